The molecule has 8 nitrogen and oxygen atoms in total. The average molecular weight is 375 g/mol. The molecule has 1 atom stereocenters. The van der Waals surface area contributed by atoms with Gasteiger partial charge in [0.25, 0.3) is 11.5 Å². The van der Waals surface area contributed by atoms with Crippen molar-refractivity contribution in [1.82, 2.24) is 15.1 Å². The maximum absolute atomic E-state index is 12.9. The van der Waals surface area contributed by atoms with Crippen LogP contribution in [0.4, 0.5) is 0 Å². The number of benzene rings is 1. The van der Waals surface area contributed by atoms with Gasteiger partial charge in [-0.05, 0) is 18.9 Å². The Bertz CT molecular complexity index is 906. The van der Waals surface area contributed by atoms with Gasteiger partial charge in [-0.2, -0.15) is 5.10 Å². The Morgan fingerprint density at radius 3 is 2.48 bits per heavy atom. The summed E-state index contributed by atoms with van der Waals surface area (Å²) in [6.07, 6.45) is -0.309. The van der Waals surface area contributed by atoms with Crippen molar-refractivity contribution in [2.24, 2.45) is 5.92 Å². The number of ether oxygens (including phenoxy) is 1. The van der Waals surface area contributed by atoms with Gasteiger partial charge in [0.15, 0.2) is 5.69 Å². The number of carbonyl (C=O) groups is 2. The molecular weight excluding hydrogens is 350 g/mol. The Kier molecular flexibility index (Phi) is 6.32. The van der Waals surface area contributed by atoms with E-state index in [9.17, 15) is 14.4 Å². The number of aliphatic carboxylic acids is 1. The van der Waals surface area contributed by atoms with Crippen LogP contribution in [-0.2, 0) is 16.1 Å². The van der Waals surface area contributed by atoms with Gasteiger partial charge in [0, 0.05) is 19.0 Å². The lowest BCUT2D eigenvalue weighted by Crippen LogP contribution is -2.51. The molecule has 2 aromatic rings. The van der Waals surface area contributed by atoms with Gasteiger partial charge in [0.05, 0.1) is 24.0 Å². The minimum atomic E-state index is -1.11. The van der Waals surface area contributed by atoms with E-state index in [1.165, 1.54) is 11.8 Å². The predicted molar refractivity (Wildman–Crippen MR) is 101 cm³/mol. The fraction of sp³-hybridized carbons (Fsp3) is 0.474. The quantitative estimate of drug-likeness (QED) is 0.726. The first-order chi connectivity index (χ1) is 12.7. The normalized spacial score (nSPS) is 13.5. The molecule has 0 bridgehead atoms. The lowest BCUT2D eigenvalue weighted by molar-refractivity contribution is -0.139. The molecule has 1 aromatic heterocycles. The number of rotatable bonds is 8. The Hall–Kier alpha value is -2.74. The van der Waals surface area contributed by atoms with Crippen molar-refractivity contribution >= 4 is 22.6 Å². The van der Waals surface area contributed by atoms with Crippen molar-refractivity contribution in [2.75, 3.05) is 13.7 Å². The number of hydrogen-bond acceptors (Lipinski definition) is 5. The number of carboxylic acid groups (broad SMARTS) is 1. The van der Waals surface area contributed by atoms with Gasteiger partial charge in [-0.25, -0.2) is 4.68 Å². The van der Waals surface area contributed by atoms with Crippen molar-refractivity contribution < 1.29 is 19.4 Å². The lowest BCUT2D eigenvalue weighted by atomic mass is 9.98. The van der Waals surface area contributed by atoms with E-state index in [1.54, 1.807) is 31.2 Å². The fourth-order valence-corrected chi connectivity index (χ4v) is 2.99. The molecule has 0 radical (unpaired) electrons. The van der Waals surface area contributed by atoms with Crippen LogP contribution in [0.1, 0.15) is 37.7 Å². The van der Waals surface area contributed by atoms with Gasteiger partial charge in [-0.3, -0.25) is 14.4 Å². The third-order valence-corrected chi connectivity index (χ3v) is 4.04. The number of nitrogens with one attached hydrogen (secondary N) is 1. The minimum absolute atomic E-state index is 0.0224. The summed E-state index contributed by atoms with van der Waals surface area (Å²) >= 11 is 0. The number of amides is 1. The summed E-state index contributed by atoms with van der Waals surface area (Å²) in [4.78, 5) is 36.8. The molecule has 1 amide bonds. The summed E-state index contributed by atoms with van der Waals surface area (Å²) in [6, 6.07) is 6.75. The summed E-state index contributed by atoms with van der Waals surface area (Å²) in [6.45, 7) is 5.88. The highest BCUT2D eigenvalue weighted by Crippen LogP contribution is 2.17. The Labute approximate surface area is 157 Å². The van der Waals surface area contributed by atoms with E-state index < -0.39 is 17.4 Å². The molecule has 0 aliphatic carbocycles. The highest BCUT2D eigenvalue weighted by Gasteiger charge is 2.31. The predicted octanol–water partition coefficient (Wildman–Crippen LogP) is 1.66. The van der Waals surface area contributed by atoms with Gasteiger partial charge < -0.3 is 15.2 Å². The maximum atomic E-state index is 12.9. The topological polar surface area (TPSA) is 111 Å². The Morgan fingerprint density at radius 2 is 1.93 bits per heavy atom. The van der Waals surface area contributed by atoms with Crippen molar-refractivity contribution in [3.8, 4) is 0 Å². The van der Waals surface area contributed by atoms with E-state index in [2.05, 4.69) is 10.4 Å². The SMILES string of the molecule is COCC(C)(CC(=O)O)NC(=O)c1nn(CC(C)C)c(=O)c2ccccc12. The third kappa shape index (κ3) is 4.91. The second-order valence-electron chi connectivity index (χ2n) is 7.29. The van der Waals surface area contributed by atoms with E-state index in [0.717, 1.165) is 0 Å². The summed E-state index contributed by atoms with van der Waals surface area (Å²) in [5.41, 5.74) is -1.29. The Balaban J connectivity index is 2.52. The van der Waals surface area contributed by atoms with Gasteiger partial charge in [-0.1, -0.05) is 32.0 Å². The average Bonchev–Trinajstić information content (AvgIpc) is 2.56. The van der Waals surface area contributed by atoms with Crippen molar-refractivity contribution in [2.45, 2.75) is 39.3 Å². The Morgan fingerprint density at radius 1 is 1.30 bits per heavy atom. The molecule has 1 aromatic carbocycles. The van der Waals surface area contributed by atoms with Crippen LogP contribution in [0.15, 0.2) is 29.1 Å². The van der Waals surface area contributed by atoms with E-state index in [4.69, 9.17) is 9.84 Å². The molecule has 8 heteroatoms. The van der Waals surface area contributed by atoms with Gasteiger partial charge in [-0.15, -0.1) is 0 Å². The number of methoxy groups -OCH3 is 1. The fourth-order valence-electron chi connectivity index (χ4n) is 2.99. The molecule has 1 unspecified atom stereocenters. The number of nitrogens with zero attached hydrogens (tertiary/aromatic N) is 2. The number of aromatic nitrogens is 2. The molecule has 0 saturated carbocycles. The molecule has 146 valence electrons. The number of hydrogen-bond donors (Lipinski definition) is 2. The van der Waals surface area contributed by atoms with Gasteiger partial charge >= 0.3 is 5.97 Å². The molecule has 0 spiro atoms. The summed E-state index contributed by atoms with van der Waals surface area (Å²) < 4.78 is 6.36. The van der Waals surface area contributed by atoms with Crippen LogP contribution in [-0.4, -0.2) is 46.0 Å². The smallest absolute Gasteiger partial charge is 0.305 e. The summed E-state index contributed by atoms with van der Waals surface area (Å²) in [7, 11) is 1.43. The van der Waals surface area contributed by atoms with Crippen molar-refractivity contribution in [3.63, 3.8) is 0 Å². The third-order valence-electron chi connectivity index (χ3n) is 4.04. The monoisotopic (exact) mass is 375 g/mol. The van der Waals surface area contributed by atoms with Crippen LogP contribution in [0, 0.1) is 5.92 Å². The molecule has 0 aliphatic rings. The largest absolute Gasteiger partial charge is 0.481 e. The number of carbonyl (C=O) groups excluding carboxylic acids is 1. The zero-order chi connectivity index (χ0) is 20.2. The van der Waals surface area contributed by atoms with Gasteiger partial charge in [0.2, 0.25) is 0 Å². The van der Waals surface area contributed by atoms with Crippen LogP contribution in [0.5, 0.6) is 0 Å². The number of fused-ring (bicyclic) bond motifs is 1. The standard InChI is InChI=1S/C19H25N3O5/c1-12(2)10-22-18(26)14-8-6-5-7-13(14)16(21-22)17(25)20-19(3,11-27-4)9-15(23)24/h5-8,12H,9-11H2,1-4H3,(H,20,25)(H,23,24). The molecule has 2 N–H and O–H groups in total. The highest BCUT2D eigenvalue weighted by molar-refractivity contribution is 6.05. The van der Waals surface area contributed by atoms with E-state index in [0.29, 0.717) is 17.3 Å². The maximum Gasteiger partial charge on any atom is 0.305 e. The molecule has 1 heterocycles. The highest BCUT2D eigenvalue weighted by atomic mass is 16.5. The first-order valence-electron chi connectivity index (χ1n) is 8.70. The van der Waals surface area contributed by atoms with Crippen molar-refractivity contribution in [3.05, 3.63) is 40.3 Å². The van der Waals surface area contributed by atoms with E-state index >= 15 is 0 Å². The molecule has 27 heavy (non-hydrogen) atoms. The van der Waals surface area contributed by atoms with Crippen LogP contribution < -0.4 is 10.9 Å². The van der Waals surface area contributed by atoms with Crippen LogP contribution >= 0.6 is 0 Å². The van der Waals surface area contributed by atoms with Crippen LogP contribution in [0.2, 0.25) is 0 Å². The van der Waals surface area contributed by atoms with Crippen LogP contribution in [0.3, 0.4) is 0 Å². The van der Waals surface area contributed by atoms with Crippen LogP contribution in [0.25, 0.3) is 10.8 Å². The second kappa shape index (κ2) is 8.30. The van der Waals surface area contributed by atoms with E-state index in [1.807, 2.05) is 13.8 Å². The minimum Gasteiger partial charge on any atom is -0.481 e. The molecule has 2 rings (SSSR count). The zero-order valence-electron chi connectivity index (χ0n) is 16.0. The first kappa shape index (κ1) is 20.6. The molecular formula is C19H25N3O5. The molecule has 0 saturated heterocycles. The molecule has 0 fully saturated rings. The van der Waals surface area contributed by atoms with Gasteiger partial charge in [0.1, 0.15) is 0 Å². The number of carboxylic acids is 1. The lowest BCUT2D eigenvalue weighted by Gasteiger charge is -2.28. The molecule has 0 aliphatic heterocycles. The first-order valence-corrected chi connectivity index (χ1v) is 8.70. The van der Waals surface area contributed by atoms with Crippen molar-refractivity contribution in [1.29, 1.82) is 0 Å². The second-order valence-corrected chi connectivity index (χ2v) is 7.29. The summed E-state index contributed by atoms with van der Waals surface area (Å²) in [5.74, 6) is -1.44. The van der Waals surface area contributed by atoms with E-state index in [-0.39, 0.29) is 30.2 Å². The summed E-state index contributed by atoms with van der Waals surface area (Å²) in [5, 5.41) is 16.9. The zero-order valence-corrected chi connectivity index (χ0v) is 16.0.